The largest absolute Gasteiger partial charge is 0.392 e. The summed E-state index contributed by atoms with van der Waals surface area (Å²) in [6.07, 6.45) is 0.395. The smallest absolute Gasteiger partial charge is 0.0676 e. The van der Waals surface area contributed by atoms with E-state index in [2.05, 4.69) is 19.2 Å². The second-order valence-electron chi connectivity index (χ2n) is 2.79. The van der Waals surface area contributed by atoms with Gasteiger partial charge in [0, 0.05) is 12.6 Å². The summed E-state index contributed by atoms with van der Waals surface area (Å²) in [4.78, 5) is 0. The molecule has 0 bridgehead atoms. The summed E-state index contributed by atoms with van der Waals surface area (Å²) in [6.45, 7) is 5.31. The summed E-state index contributed by atoms with van der Waals surface area (Å²) in [7, 11) is 0. The van der Waals surface area contributed by atoms with Gasteiger partial charge in [0.15, 0.2) is 0 Å². The maximum absolute atomic E-state index is 9.16. The highest BCUT2D eigenvalue weighted by Gasteiger charge is 2.01. The van der Waals surface area contributed by atoms with Gasteiger partial charge in [0.1, 0.15) is 0 Å². The van der Waals surface area contributed by atoms with Crippen molar-refractivity contribution < 1.29 is 5.11 Å². The van der Waals surface area contributed by atoms with Gasteiger partial charge in [-0.05, 0) is 13.0 Å². The van der Waals surface area contributed by atoms with Gasteiger partial charge in [0.05, 0.1) is 6.10 Å². The van der Waals surface area contributed by atoms with Crippen molar-refractivity contribution in [2.45, 2.75) is 32.4 Å². The first-order valence-electron chi connectivity index (χ1n) is 3.78. The van der Waals surface area contributed by atoms with Crippen LogP contribution in [0.1, 0.15) is 20.3 Å². The van der Waals surface area contributed by atoms with E-state index in [1.54, 1.807) is 0 Å². The third-order valence-electron chi connectivity index (χ3n) is 1.26. The van der Waals surface area contributed by atoms with E-state index in [4.69, 9.17) is 10.8 Å². The molecule has 4 N–H and O–H groups in total. The van der Waals surface area contributed by atoms with Crippen molar-refractivity contribution in [3.63, 3.8) is 0 Å². The molecule has 0 saturated heterocycles. The van der Waals surface area contributed by atoms with Crippen LogP contribution in [0.5, 0.6) is 0 Å². The quantitative estimate of drug-likeness (QED) is 0.499. The molecule has 0 saturated carbocycles. The minimum Gasteiger partial charge on any atom is -0.392 e. The predicted octanol–water partition coefficient (Wildman–Crippen LogP) is -0.306. The number of hydrogen-bond donors (Lipinski definition) is 3. The maximum Gasteiger partial charge on any atom is 0.0676 e. The van der Waals surface area contributed by atoms with Gasteiger partial charge in [-0.25, -0.2) is 0 Å². The van der Waals surface area contributed by atoms with Gasteiger partial charge in [-0.1, -0.05) is 13.8 Å². The lowest BCUT2D eigenvalue weighted by atomic mass is 10.2. The van der Waals surface area contributed by atoms with Gasteiger partial charge in [0.25, 0.3) is 0 Å². The summed E-state index contributed by atoms with van der Waals surface area (Å²) < 4.78 is 0. The van der Waals surface area contributed by atoms with E-state index in [0.717, 1.165) is 0 Å². The van der Waals surface area contributed by atoms with E-state index in [1.807, 2.05) is 0 Å². The van der Waals surface area contributed by atoms with Gasteiger partial charge < -0.3 is 16.2 Å². The molecule has 10 heavy (non-hydrogen) atoms. The lowest BCUT2D eigenvalue weighted by molar-refractivity contribution is 0.161. The van der Waals surface area contributed by atoms with E-state index in [1.165, 1.54) is 0 Å². The fourth-order valence-electron chi connectivity index (χ4n) is 0.666. The predicted molar refractivity (Wildman–Crippen MR) is 42.8 cm³/mol. The average molecular weight is 146 g/mol. The monoisotopic (exact) mass is 146 g/mol. The van der Waals surface area contributed by atoms with Gasteiger partial charge in [-0.3, -0.25) is 0 Å². The van der Waals surface area contributed by atoms with Crippen molar-refractivity contribution in [1.29, 1.82) is 0 Å². The third kappa shape index (κ3) is 6.01. The number of aliphatic hydroxyl groups is 1. The summed E-state index contributed by atoms with van der Waals surface area (Å²) in [5.74, 6) is 0. The Labute approximate surface area is 62.6 Å². The van der Waals surface area contributed by atoms with Crippen molar-refractivity contribution in [3.05, 3.63) is 0 Å². The van der Waals surface area contributed by atoms with E-state index < -0.39 is 0 Å². The van der Waals surface area contributed by atoms with Crippen LogP contribution >= 0.6 is 0 Å². The molecule has 0 amide bonds. The molecule has 0 aromatic carbocycles. The zero-order chi connectivity index (χ0) is 7.98. The Hall–Kier alpha value is -0.120. The molecule has 0 aromatic heterocycles. The number of aliphatic hydroxyl groups excluding tert-OH is 1. The minimum atomic E-state index is -0.285. The van der Waals surface area contributed by atoms with Crippen LogP contribution in [-0.2, 0) is 0 Å². The van der Waals surface area contributed by atoms with E-state index in [9.17, 15) is 0 Å². The fraction of sp³-hybridized carbons (Fsp3) is 1.00. The maximum atomic E-state index is 9.16. The Morgan fingerprint density at radius 1 is 1.50 bits per heavy atom. The molecule has 0 fully saturated rings. The van der Waals surface area contributed by atoms with Crippen LogP contribution < -0.4 is 11.1 Å². The van der Waals surface area contributed by atoms with Crippen molar-refractivity contribution in [2.75, 3.05) is 13.1 Å². The van der Waals surface area contributed by atoms with Crippen LogP contribution in [0.3, 0.4) is 0 Å². The Balaban J connectivity index is 3.12. The van der Waals surface area contributed by atoms with Crippen molar-refractivity contribution >= 4 is 0 Å². The molecular formula is C7H18N2O. The molecule has 1 atom stereocenters. The lowest BCUT2D eigenvalue weighted by Gasteiger charge is -2.12. The highest BCUT2D eigenvalue weighted by atomic mass is 16.3. The second kappa shape index (κ2) is 5.65. The van der Waals surface area contributed by atoms with Crippen molar-refractivity contribution in [1.82, 2.24) is 5.32 Å². The summed E-state index contributed by atoms with van der Waals surface area (Å²) >= 11 is 0. The Bertz CT molecular complexity index is 76.0. The molecule has 0 aliphatic rings. The van der Waals surface area contributed by atoms with Gasteiger partial charge in [0.2, 0.25) is 0 Å². The number of nitrogens with two attached hydrogens (primary N) is 1. The van der Waals surface area contributed by atoms with E-state index in [-0.39, 0.29) is 6.10 Å². The Morgan fingerprint density at radius 3 is 2.50 bits per heavy atom. The summed E-state index contributed by atoms with van der Waals surface area (Å²) in [6, 6.07) is 0.437. The van der Waals surface area contributed by atoms with Crippen LogP contribution in [-0.4, -0.2) is 30.3 Å². The Kier molecular flexibility index (Phi) is 5.58. The van der Waals surface area contributed by atoms with Crippen LogP contribution in [0.2, 0.25) is 0 Å². The van der Waals surface area contributed by atoms with Crippen molar-refractivity contribution in [3.8, 4) is 0 Å². The molecular weight excluding hydrogens is 128 g/mol. The van der Waals surface area contributed by atoms with Crippen LogP contribution in [0.4, 0.5) is 0 Å². The highest BCUT2D eigenvalue weighted by molar-refractivity contribution is 4.61. The first kappa shape index (κ1) is 9.88. The van der Waals surface area contributed by atoms with Crippen LogP contribution in [0.25, 0.3) is 0 Å². The summed E-state index contributed by atoms with van der Waals surface area (Å²) in [5.41, 5.74) is 5.25. The average Bonchev–Trinajstić information content (AvgIpc) is 1.85. The molecule has 3 heteroatoms. The highest BCUT2D eigenvalue weighted by Crippen LogP contribution is 1.87. The summed E-state index contributed by atoms with van der Waals surface area (Å²) in [5, 5.41) is 12.3. The van der Waals surface area contributed by atoms with Crippen molar-refractivity contribution in [2.24, 2.45) is 5.73 Å². The minimum absolute atomic E-state index is 0.285. The third-order valence-corrected chi connectivity index (χ3v) is 1.26. The molecule has 0 radical (unpaired) electrons. The standard InChI is InChI=1S/C7H18N2O/c1-6(2)9-5-7(10)3-4-8/h6-7,9-10H,3-5,8H2,1-2H3. The van der Waals surface area contributed by atoms with Gasteiger partial charge in [-0.15, -0.1) is 0 Å². The number of nitrogens with one attached hydrogen (secondary N) is 1. The first-order chi connectivity index (χ1) is 4.66. The molecule has 0 heterocycles. The normalized spacial score (nSPS) is 14.1. The zero-order valence-corrected chi connectivity index (χ0v) is 6.80. The number of rotatable bonds is 5. The molecule has 1 unspecified atom stereocenters. The molecule has 3 nitrogen and oxygen atoms in total. The fourth-order valence-corrected chi connectivity index (χ4v) is 0.666. The SMILES string of the molecule is CC(C)NCC(O)CCN. The zero-order valence-electron chi connectivity index (χ0n) is 6.80. The molecule has 0 spiro atoms. The van der Waals surface area contributed by atoms with Crippen LogP contribution in [0.15, 0.2) is 0 Å². The Morgan fingerprint density at radius 2 is 2.10 bits per heavy atom. The molecule has 0 aliphatic heterocycles. The van der Waals surface area contributed by atoms with E-state index >= 15 is 0 Å². The first-order valence-corrected chi connectivity index (χ1v) is 3.78. The molecule has 62 valence electrons. The van der Waals surface area contributed by atoms with Gasteiger partial charge >= 0.3 is 0 Å². The lowest BCUT2D eigenvalue weighted by Crippen LogP contribution is -2.32. The molecule has 0 aromatic rings. The van der Waals surface area contributed by atoms with Gasteiger partial charge in [-0.2, -0.15) is 0 Å². The second-order valence-corrected chi connectivity index (χ2v) is 2.79. The number of hydrogen-bond acceptors (Lipinski definition) is 3. The topological polar surface area (TPSA) is 58.3 Å². The molecule has 0 rings (SSSR count). The molecule has 0 aliphatic carbocycles. The van der Waals surface area contributed by atoms with E-state index in [0.29, 0.717) is 25.6 Å². The van der Waals surface area contributed by atoms with Crippen LogP contribution in [0, 0.1) is 0 Å².